The van der Waals surface area contributed by atoms with Crippen molar-refractivity contribution in [3.05, 3.63) is 74.7 Å². The number of non-ortho nitro benzene ring substituents is 1. The molecule has 1 aliphatic heterocycles. The average molecular weight is 410 g/mol. The molecule has 138 valence electrons. The van der Waals surface area contributed by atoms with Gasteiger partial charge in [-0.25, -0.2) is 0 Å². The third-order valence-corrected chi connectivity index (χ3v) is 4.95. The zero-order chi connectivity index (χ0) is 19.8. The van der Waals surface area contributed by atoms with E-state index >= 15 is 0 Å². The molecule has 2 aromatic rings. The summed E-state index contributed by atoms with van der Waals surface area (Å²) in [6, 6.07) is 9.73. The summed E-state index contributed by atoms with van der Waals surface area (Å²) in [5, 5.41) is 10.7. The molecule has 0 aromatic heterocycles. The SMILES string of the molecule is O=C1/C(=C/c2ccc(C(F)(F)F)cc2)SC(=S)N1c1ccc([N+](=O)[O-])cc1. The number of amides is 1. The lowest BCUT2D eigenvalue weighted by Crippen LogP contribution is -2.27. The molecule has 27 heavy (non-hydrogen) atoms. The van der Waals surface area contributed by atoms with Gasteiger partial charge in [0.2, 0.25) is 0 Å². The summed E-state index contributed by atoms with van der Waals surface area (Å²) in [7, 11) is 0. The molecule has 1 aliphatic rings. The standard InChI is InChI=1S/C17H9F3N2O3S2/c18-17(19,20)11-3-1-10(2-4-11)9-14-15(23)21(16(26)27-14)12-5-7-13(8-6-12)22(24)25/h1-9H/b14-9-. The third-order valence-electron chi connectivity index (χ3n) is 3.65. The molecule has 0 aliphatic carbocycles. The van der Waals surface area contributed by atoms with Crippen LogP contribution in [0.15, 0.2) is 53.4 Å². The summed E-state index contributed by atoms with van der Waals surface area (Å²) >= 11 is 6.20. The van der Waals surface area contributed by atoms with Crippen molar-refractivity contribution in [2.75, 3.05) is 4.90 Å². The van der Waals surface area contributed by atoms with E-state index in [9.17, 15) is 28.1 Å². The van der Waals surface area contributed by atoms with Crippen molar-refractivity contribution in [3.63, 3.8) is 0 Å². The smallest absolute Gasteiger partial charge is 0.268 e. The molecule has 0 saturated carbocycles. The first-order valence-electron chi connectivity index (χ1n) is 7.36. The van der Waals surface area contributed by atoms with Crippen LogP contribution in [-0.4, -0.2) is 15.2 Å². The average Bonchev–Trinajstić information content (AvgIpc) is 2.88. The minimum Gasteiger partial charge on any atom is -0.268 e. The van der Waals surface area contributed by atoms with Crippen molar-refractivity contribution < 1.29 is 22.9 Å². The molecule has 0 bridgehead atoms. The third kappa shape index (κ3) is 4.01. The van der Waals surface area contributed by atoms with Gasteiger partial charge in [-0.1, -0.05) is 36.1 Å². The van der Waals surface area contributed by atoms with Crippen molar-refractivity contribution in [1.82, 2.24) is 0 Å². The second kappa shape index (κ2) is 7.12. The van der Waals surface area contributed by atoms with Gasteiger partial charge >= 0.3 is 6.18 Å². The Balaban J connectivity index is 1.85. The van der Waals surface area contributed by atoms with E-state index in [1.165, 1.54) is 47.4 Å². The number of benzene rings is 2. The molecular weight excluding hydrogens is 401 g/mol. The van der Waals surface area contributed by atoms with E-state index in [2.05, 4.69) is 0 Å². The first kappa shape index (κ1) is 19.1. The number of thiocarbonyl (C=S) groups is 1. The minimum atomic E-state index is -4.43. The number of nitrogens with zero attached hydrogens (tertiary/aromatic N) is 2. The van der Waals surface area contributed by atoms with Crippen LogP contribution < -0.4 is 4.90 Å². The number of rotatable bonds is 3. The van der Waals surface area contributed by atoms with Crippen LogP contribution in [0.4, 0.5) is 24.5 Å². The lowest BCUT2D eigenvalue weighted by molar-refractivity contribution is -0.384. The fraction of sp³-hybridized carbons (Fsp3) is 0.0588. The minimum absolute atomic E-state index is 0.121. The Kier molecular flexibility index (Phi) is 5.03. The highest BCUT2D eigenvalue weighted by Gasteiger charge is 2.34. The van der Waals surface area contributed by atoms with Crippen LogP contribution in [-0.2, 0) is 11.0 Å². The normalized spacial score (nSPS) is 16.3. The summed E-state index contributed by atoms with van der Waals surface area (Å²) in [4.78, 5) is 24.2. The van der Waals surface area contributed by atoms with Crippen molar-refractivity contribution in [2.45, 2.75) is 6.18 Å². The fourth-order valence-electron chi connectivity index (χ4n) is 2.33. The van der Waals surface area contributed by atoms with E-state index < -0.39 is 22.6 Å². The van der Waals surface area contributed by atoms with Gasteiger partial charge in [-0.2, -0.15) is 13.2 Å². The number of hydrogen-bond donors (Lipinski definition) is 0. The van der Waals surface area contributed by atoms with E-state index in [-0.39, 0.29) is 14.9 Å². The van der Waals surface area contributed by atoms with Crippen LogP contribution in [0.1, 0.15) is 11.1 Å². The Bertz CT molecular complexity index is 955. The number of carbonyl (C=O) groups is 1. The maximum atomic E-state index is 12.6. The Morgan fingerprint density at radius 1 is 1.07 bits per heavy atom. The molecular formula is C17H9F3N2O3S2. The summed E-state index contributed by atoms with van der Waals surface area (Å²) in [6.45, 7) is 0. The largest absolute Gasteiger partial charge is 0.416 e. The fourth-order valence-corrected chi connectivity index (χ4v) is 3.63. The highest BCUT2D eigenvalue weighted by atomic mass is 32.2. The molecule has 0 N–H and O–H groups in total. The molecule has 1 saturated heterocycles. The summed E-state index contributed by atoms with van der Waals surface area (Å²) in [5.74, 6) is -0.446. The molecule has 2 aromatic carbocycles. The van der Waals surface area contributed by atoms with Crippen molar-refractivity contribution in [1.29, 1.82) is 0 Å². The molecule has 1 amide bonds. The zero-order valence-corrected chi connectivity index (χ0v) is 14.9. The number of hydrogen-bond acceptors (Lipinski definition) is 5. The first-order valence-corrected chi connectivity index (χ1v) is 8.59. The topological polar surface area (TPSA) is 63.5 Å². The van der Waals surface area contributed by atoms with Crippen LogP contribution in [0.3, 0.4) is 0 Å². The van der Waals surface area contributed by atoms with Gasteiger partial charge in [0.25, 0.3) is 11.6 Å². The molecule has 1 heterocycles. The van der Waals surface area contributed by atoms with E-state index in [1.807, 2.05) is 0 Å². The molecule has 0 radical (unpaired) electrons. The maximum Gasteiger partial charge on any atom is 0.416 e. The van der Waals surface area contributed by atoms with Gasteiger partial charge in [0.15, 0.2) is 4.32 Å². The Hall–Kier alpha value is -2.72. The first-order chi connectivity index (χ1) is 12.7. The van der Waals surface area contributed by atoms with Crippen molar-refractivity contribution >= 4 is 51.7 Å². The number of carbonyl (C=O) groups excluding carboxylic acids is 1. The lowest BCUT2D eigenvalue weighted by Gasteiger charge is -2.13. The van der Waals surface area contributed by atoms with Crippen molar-refractivity contribution in [2.24, 2.45) is 0 Å². The van der Waals surface area contributed by atoms with Gasteiger partial charge < -0.3 is 0 Å². The zero-order valence-electron chi connectivity index (χ0n) is 13.3. The van der Waals surface area contributed by atoms with E-state index in [4.69, 9.17) is 12.2 Å². The quantitative estimate of drug-likeness (QED) is 0.308. The molecule has 0 spiro atoms. The van der Waals surface area contributed by atoms with Gasteiger partial charge in [0, 0.05) is 12.1 Å². The lowest BCUT2D eigenvalue weighted by atomic mass is 10.1. The second-order valence-corrected chi connectivity index (χ2v) is 7.09. The van der Waals surface area contributed by atoms with Gasteiger partial charge in [-0.15, -0.1) is 0 Å². The molecule has 0 unspecified atom stereocenters. The van der Waals surface area contributed by atoms with Gasteiger partial charge in [0.05, 0.1) is 21.1 Å². The number of nitro groups is 1. The van der Waals surface area contributed by atoms with E-state index in [0.29, 0.717) is 11.3 Å². The van der Waals surface area contributed by atoms with Gasteiger partial charge in [-0.3, -0.25) is 19.8 Å². The Morgan fingerprint density at radius 2 is 1.67 bits per heavy atom. The summed E-state index contributed by atoms with van der Waals surface area (Å²) in [6.07, 6.45) is -2.98. The number of nitro benzene ring substituents is 1. The second-order valence-electron chi connectivity index (χ2n) is 5.41. The predicted octanol–water partition coefficient (Wildman–Crippen LogP) is 5.02. The van der Waals surface area contributed by atoms with Crippen LogP contribution in [0.5, 0.6) is 0 Å². The Labute approximate surface area is 160 Å². The molecule has 3 rings (SSSR count). The highest BCUT2D eigenvalue weighted by molar-refractivity contribution is 8.27. The molecule has 1 fully saturated rings. The van der Waals surface area contributed by atoms with Gasteiger partial charge in [0.1, 0.15) is 0 Å². The van der Waals surface area contributed by atoms with E-state index in [1.54, 1.807) is 0 Å². The van der Waals surface area contributed by atoms with Crippen LogP contribution in [0.25, 0.3) is 6.08 Å². The van der Waals surface area contributed by atoms with Crippen LogP contribution in [0, 0.1) is 10.1 Å². The molecule has 0 atom stereocenters. The number of halogens is 3. The van der Waals surface area contributed by atoms with E-state index in [0.717, 1.165) is 23.9 Å². The molecule has 5 nitrogen and oxygen atoms in total. The van der Waals surface area contributed by atoms with Crippen LogP contribution >= 0.6 is 24.0 Å². The molecule has 10 heteroatoms. The highest BCUT2D eigenvalue weighted by Crippen LogP contribution is 2.37. The maximum absolute atomic E-state index is 12.6. The van der Waals surface area contributed by atoms with Crippen molar-refractivity contribution in [3.8, 4) is 0 Å². The summed E-state index contributed by atoms with van der Waals surface area (Å²) in [5.41, 5.74) is -0.103. The van der Waals surface area contributed by atoms with Gasteiger partial charge in [-0.05, 0) is 35.9 Å². The number of alkyl halides is 3. The predicted molar refractivity (Wildman–Crippen MR) is 100 cm³/mol. The Morgan fingerprint density at radius 3 is 2.19 bits per heavy atom. The van der Waals surface area contributed by atoms with Crippen LogP contribution in [0.2, 0.25) is 0 Å². The number of thioether (sulfide) groups is 1. The summed E-state index contributed by atoms with van der Waals surface area (Å²) < 4.78 is 38.1. The monoisotopic (exact) mass is 410 g/mol. The number of anilines is 1.